The second-order valence-electron chi connectivity index (χ2n) is 7.19. The minimum Gasteiger partial charge on any atom is -0.382 e. The summed E-state index contributed by atoms with van der Waals surface area (Å²) in [6.45, 7) is 7.75. The largest absolute Gasteiger partial charge is 0.382 e. The van der Waals surface area contributed by atoms with Crippen LogP contribution in [0.5, 0.6) is 0 Å². The van der Waals surface area contributed by atoms with Crippen LogP contribution in [0.2, 0.25) is 0 Å². The molecule has 0 unspecified atom stereocenters. The van der Waals surface area contributed by atoms with Crippen LogP contribution in [-0.4, -0.2) is 42.6 Å². The fourth-order valence-electron chi connectivity index (χ4n) is 3.60. The zero-order valence-corrected chi connectivity index (χ0v) is 17.8. The lowest BCUT2D eigenvalue weighted by Gasteiger charge is -2.29. The highest BCUT2D eigenvalue weighted by atomic mass is 32.1. The molecular weight excluding hydrogens is 376 g/mol. The number of hydrogen-bond donors (Lipinski definition) is 2. The maximum Gasteiger partial charge on any atom is 0.204 e. The van der Waals surface area contributed by atoms with Crippen LogP contribution in [0, 0.1) is 9.87 Å². The highest BCUT2D eigenvalue weighted by Gasteiger charge is 2.23. The van der Waals surface area contributed by atoms with Crippen LogP contribution in [0.15, 0.2) is 30.3 Å². The summed E-state index contributed by atoms with van der Waals surface area (Å²) in [5, 5.41) is 8.96. The fraction of sp³-hybridized carbons (Fsp3) is 0.600. The SMILES string of the molecule is CCOCCCNc1nn(C[NH+]2CCC(Cc3ccccc3)CC2)c(=S)s1. The van der Waals surface area contributed by atoms with Gasteiger partial charge in [-0.1, -0.05) is 41.7 Å². The van der Waals surface area contributed by atoms with Gasteiger partial charge in [0.15, 0.2) is 10.6 Å². The number of quaternary nitrogens is 1. The van der Waals surface area contributed by atoms with Gasteiger partial charge < -0.3 is 15.0 Å². The van der Waals surface area contributed by atoms with Gasteiger partial charge in [-0.15, -0.1) is 5.10 Å². The van der Waals surface area contributed by atoms with E-state index >= 15 is 0 Å². The predicted molar refractivity (Wildman–Crippen MR) is 114 cm³/mol. The van der Waals surface area contributed by atoms with Crippen molar-refractivity contribution in [2.45, 2.75) is 39.3 Å². The molecular formula is C20H31N4OS2+. The molecule has 2 heterocycles. The van der Waals surface area contributed by atoms with Crippen LogP contribution in [0.4, 0.5) is 5.13 Å². The summed E-state index contributed by atoms with van der Waals surface area (Å²) < 4.78 is 8.22. The first-order valence-electron chi connectivity index (χ1n) is 10.0. The zero-order valence-electron chi connectivity index (χ0n) is 16.2. The molecule has 1 aliphatic rings. The Kier molecular flexibility index (Phi) is 8.26. The molecule has 27 heavy (non-hydrogen) atoms. The number of nitrogens with zero attached hydrogens (tertiary/aromatic N) is 2. The van der Waals surface area contributed by atoms with Crippen molar-refractivity contribution >= 4 is 28.7 Å². The Morgan fingerprint density at radius 1 is 1.30 bits per heavy atom. The van der Waals surface area contributed by atoms with Gasteiger partial charge in [0, 0.05) is 19.8 Å². The molecule has 2 aromatic rings. The monoisotopic (exact) mass is 407 g/mol. The minimum absolute atomic E-state index is 0.776. The molecule has 0 radical (unpaired) electrons. The Morgan fingerprint density at radius 2 is 2.07 bits per heavy atom. The van der Waals surface area contributed by atoms with Crippen LogP contribution >= 0.6 is 23.6 Å². The molecule has 0 bridgehead atoms. The van der Waals surface area contributed by atoms with Gasteiger partial charge in [-0.25, -0.2) is 0 Å². The molecule has 0 amide bonds. The van der Waals surface area contributed by atoms with E-state index < -0.39 is 0 Å². The van der Waals surface area contributed by atoms with E-state index in [1.807, 2.05) is 11.6 Å². The molecule has 0 atom stereocenters. The third kappa shape index (κ3) is 6.68. The highest BCUT2D eigenvalue weighted by molar-refractivity contribution is 7.73. The maximum atomic E-state index is 5.51. The molecule has 1 aromatic heterocycles. The lowest BCUT2D eigenvalue weighted by Crippen LogP contribution is -3.12. The van der Waals surface area contributed by atoms with E-state index in [4.69, 9.17) is 17.0 Å². The molecule has 1 aliphatic heterocycles. The maximum absolute atomic E-state index is 5.51. The van der Waals surface area contributed by atoms with Crippen molar-refractivity contribution < 1.29 is 9.64 Å². The number of benzene rings is 1. The molecule has 1 saturated heterocycles. The summed E-state index contributed by atoms with van der Waals surface area (Å²) >= 11 is 7.08. The number of anilines is 1. The standard InChI is InChI=1S/C20H30N4OS2/c1-2-25-14-6-11-21-19-22-24(20(26)27-19)16-23-12-9-18(10-13-23)15-17-7-4-3-5-8-17/h3-5,7-8,18H,2,6,9-16H2,1H3,(H,21,22)/p+1. The van der Waals surface area contributed by atoms with Gasteiger partial charge in [0.25, 0.3) is 0 Å². The van der Waals surface area contributed by atoms with Gasteiger partial charge in [-0.3, -0.25) is 0 Å². The van der Waals surface area contributed by atoms with E-state index in [0.717, 1.165) is 47.9 Å². The van der Waals surface area contributed by atoms with Crippen molar-refractivity contribution in [2.75, 3.05) is 38.2 Å². The Balaban J connectivity index is 1.41. The van der Waals surface area contributed by atoms with Crippen LogP contribution in [0.3, 0.4) is 0 Å². The smallest absolute Gasteiger partial charge is 0.204 e. The number of aromatic nitrogens is 2. The number of piperidine rings is 1. The van der Waals surface area contributed by atoms with Crippen LogP contribution in [-0.2, 0) is 17.8 Å². The fourth-order valence-corrected chi connectivity index (χ4v) is 4.63. The second-order valence-corrected chi connectivity index (χ2v) is 8.81. The normalized spacial score (nSPS) is 19.9. The Labute approximate surface area is 171 Å². The lowest BCUT2D eigenvalue weighted by molar-refractivity contribution is -0.929. The highest BCUT2D eigenvalue weighted by Crippen LogP contribution is 2.17. The quantitative estimate of drug-likeness (QED) is 0.469. The second kappa shape index (κ2) is 10.9. The van der Waals surface area contributed by atoms with Crippen molar-refractivity contribution in [3.05, 3.63) is 39.8 Å². The van der Waals surface area contributed by atoms with E-state index in [2.05, 4.69) is 40.7 Å². The summed E-state index contributed by atoms with van der Waals surface area (Å²) in [6, 6.07) is 10.9. The Bertz CT molecular complexity index is 723. The van der Waals surface area contributed by atoms with Crippen LogP contribution in [0.25, 0.3) is 0 Å². The average Bonchev–Trinajstić information content (AvgIpc) is 3.03. The summed E-state index contributed by atoms with van der Waals surface area (Å²) in [5.41, 5.74) is 1.47. The topological polar surface area (TPSA) is 43.5 Å². The van der Waals surface area contributed by atoms with Gasteiger partial charge in [0.1, 0.15) is 0 Å². The molecule has 148 valence electrons. The van der Waals surface area contributed by atoms with Gasteiger partial charge in [-0.2, -0.15) is 4.68 Å². The van der Waals surface area contributed by atoms with Crippen molar-refractivity contribution in [3.8, 4) is 0 Å². The molecule has 0 aliphatic carbocycles. The van der Waals surface area contributed by atoms with Gasteiger partial charge in [-0.05, 0) is 56.3 Å². The summed E-state index contributed by atoms with van der Waals surface area (Å²) in [6.07, 6.45) is 4.76. The van der Waals surface area contributed by atoms with E-state index in [-0.39, 0.29) is 0 Å². The molecule has 1 fully saturated rings. The third-order valence-corrected chi connectivity index (χ3v) is 6.37. The molecule has 0 saturated carbocycles. The zero-order chi connectivity index (χ0) is 18.9. The first-order valence-corrected chi connectivity index (χ1v) is 11.2. The predicted octanol–water partition coefficient (Wildman–Crippen LogP) is 3.01. The van der Waals surface area contributed by atoms with E-state index in [9.17, 15) is 0 Å². The number of nitrogens with one attached hydrogen (secondary N) is 2. The Hall–Kier alpha value is -1.28. The number of ether oxygens (including phenoxy) is 1. The summed E-state index contributed by atoms with van der Waals surface area (Å²) in [4.78, 5) is 1.59. The number of rotatable bonds is 10. The van der Waals surface area contributed by atoms with Gasteiger partial charge in [0.05, 0.1) is 13.1 Å². The number of likely N-dealkylation sites (tertiary alicyclic amines) is 1. The van der Waals surface area contributed by atoms with E-state index in [1.54, 1.807) is 16.2 Å². The van der Waals surface area contributed by atoms with Crippen molar-refractivity contribution in [1.82, 2.24) is 9.78 Å². The van der Waals surface area contributed by atoms with Gasteiger partial charge in [0.2, 0.25) is 5.13 Å². The molecule has 5 nitrogen and oxygen atoms in total. The van der Waals surface area contributed by atoms with Gasteiger partial charge >= 0.3 is 0 Å². The van der Waals surface area contributed by atoms with E-state index in [0.29, 0.717) is 0 Å². The average molecular weight is 408 g/mol. The molecule has 0 spiro atoms. The molecule has 3 rings (SSSR count). The van der Waals surface area contributed by atoms with E-state index in [1.165, 1.54) is 37.9 Å². The molecule has 7 heteroatoms. The summed E-state index contributed by atoms with van der Waals surface area (Å²) in [5.74, 6) is 0.808. The first-order chi connectivity index (χ1) is 13.2. The third-order valence-electron chi connectivity index (χ3n) is 5.10. The van der Waals surface area contributed by atoms with Crippen molar-refractivity contribution in [1.29, 1.82) is 0 Å². The minimum atomic E-state index is 0.776. The van der Waals surface area contributed by atoms with Crippen molar-refractivity contribution in [3.63, 3.8) is 0 Å². The van der Waals surface area contributed by atoms with Crippen LogP contribution < -0.4 is 10.2 Å². The number of hydrogen-bond acceptors (Lipinski definition) is 5. The first kappa shape index (κ1) is 20.5. The lowest BCUT2D eigenvalue weighted by atomic mass is 9.90. The summed E-state index contributed by atoms with van der Waals surface area (Å²) in [7, 11) is 0. The molecule has 2 N–H and O–H groups in total. The van der Waals surface area contributed by atoms with Crippen molar-refractivity contribution in [2.24, 2.45) is 5.92 Å². The Morgan fingerprint density at radius 3 is 2.81 bits per heavy atom. The van der Waals surface area contributed by atoms with Crippen LogP contribution in [0.1, 0.15) is 31.7 Å². The molecule has 1 aromatic carbocycles.